The van der Waals surface area contributed by atoms with E-state index >= 15 is 0 Å². The fraction of sp³-hybridized carbons (Fsp3) is 0.111. The van der Waals surface area contributed by atoms with Crippen LogP contribution in [-0.4, -0.2) is 10.9 Å². The second kappa shape index (κ2) is 6.54. The van der Waals surface area contributed by atoms with Crippen molar-refractivity contribution in [2.24, 2.45) is 0 Å². The van der Waals surface area contributed by atoms with Crippen molar-refractivity contribution in [3.8, 4) is 11.3 Å². The minimum atomic E-state index is -0.128. The van der Waals surface area contributed by atoms with E-state index in [9.17, 15) is 4.79 Å². The van der Waals surface area contributed by atoms with Crippen LogP contribution in [0.3, 0.4) is 0 Å². The molecule has 1 aromatic heterocycles. The zero-order chi connectivity index (χ0) is 15.4. The van der Waals surface area contributed by atoms with Crippen LogP contribution in [0.4, 0.5) is 5.13 Å². The summed E-state index contributed by atoms with van der Waals surface area (Å²) in [5.41, 5.74) is 2.67. The minimum absolute atomic E-state index is 0.128. The standard InChI is InChI=1S/C18H16N2OS/c1-2-15-16(13-9-5-3-6-10-13)19-18(22-15)20-17(21)14-11-7-4-8-12-14/h3-12H,2H2,1H3,(H,19,20,21). The third-order valence-electron chi connectivity index (χ3n) is 3.32. The Morgan fingerprint density at radius 3 is 2.32 bits per heavy atom. The number of hydrogen-bond acceptors (Lipinski definition) is 3. The first kappa shape index (κ1) is 14.5. The van der Waals surface area contributed by atoms with Gasteiger partial charge in [-0.3, -0.25) is 10.1 Å². The van der Waals surface area contributed by atoms with Gasteiger partial charge in [0, 0.05) is 16.0 Å². The SMILES string of the molecule is CCc1sc(NC(=O)c2ccccc2)nc1-c1ccccc1. The van der Waals surface area contributed by atoms with Crippen LogP contribution < -0.4 is 5.32 Å². The molecular weight excluding hydrogens is 292 g/mol. The molecule has 0 bridgehead atoms. The summed E-state index contributed by atoms with van der Waals surface area (Å²) in [5.74, 6) is -0.128. The zero-order valence-electron chi connectivity index (χ0n) is 12.2. The van der Waals surface area contributed by atoms with E-state index < -0.39 is 0 Å². The van der Waals surface area contributed by atoms with Gasteiger partial charge in [-0.2, -0.15) is 0 Å². The van der Waals surface area contributed by atoms with Gasteiger partial charge in [-0.25, -0.2) is 4.98 Å². The van der Waals surface area contributed by atoms with Gasteiger partial charge >= 0.3 is 0 Å². The fourth-order valence-electron chi connectivity index (χ4n) is 2.23. The first-order valence-corrected chi connectivity index (χ1v) is 8.01. The average molecular weight is 308 g/mol. The van der Waals surface area contributed by atoms with Crippen LogP contribution in [0.25, 0.3) is 11.3 Å². The number of thiazole rings is 1. The van der Waals surface area contributed by atoms with E-state index in [0.717, 1.165) is 17.7 Å². The summed E-state index contributed by atoms with van der Waals surface area (Å²) in [6.45, 7) is 2.10. The molecule has 0 aliphatic rings. The van der Waals surface area contributed by atoms with Crippen LogP contribution >= 0.6 is 11.3 Å². The van der Waals surface area contributed by atoms with Crippen LogP contribution in [0.15, 0.2) is 60.7 Å². The number of benzene rings is 2. The van der Waals surface area contributed by atoms with Crippen LogP contribution in [0, 0.1) is 0 Å². The lowest BCUT2D eigenvalue weighted by Gasteiger charge is -2.00. The van der Waals surface area contributed by atoms with Crippen molar-refractivity contribution in [1.29, 1.82) is 0 Å². The summed E-state index contributed by atoms with van der Waals surface area (Å²) in [7, 11) is 0. The smallest absolute Gasteiger partial charge is 0.257 e. The van der Waals surface area contributed by atoms with E-state index in [2.05, 4.69) is 17.2 Å². The molecule has 0 fully saturated rings. The van der Waals surface area contributed by atoms with Gasteiger partial charge in [0.1, 0.15) is 0 Å². The molecule has 110 valence electrons. The predicted molar refractivity (Wildman–Crippen MR) is 91.3 cm³/mol. The van der Waals surface area contributed by atoms with Gasteiger partial charge in [0.15, 0.2) is 5.13 Å². The molecule has 3 rings (SSSR count). The summed E-state index contributed by atoms with van der Waals surface area (Å²) in [6.07, 6.45) is 0.892. The summed E-state index contributed by atoms with van der Waals surface area (Å²) < 4.78 is 0. The molecule has 3 nitrogen and oxygen atoms in total. The molecule has 0 aliphatic heterocycles. The first-order chi connectivity index (χ1) is 10.8. The van der Waals surface area contributed by atoms with Gasteiger partial charge in [0.25, 0.3) is 5.91 Å². The number of aryl methyl sites for hydroxylation is 1. The maximum atomic E-state index is 12.2. The molecule has 0 aliphatic carbocycles. The highest BCUT2D eigenvalue weighted by molar-refractivity contribution is 7.16. The van der Waals surface area contributed by atoms with Crippen molar-refractivity contribution in [3.63, 3.8) is 0 Å². The van der Waals surface area contributed by atoms with Crippen molar-refractivity contribution in [1.82, 2.24) is 4.98 Å². The van der Waals surface area contributed by atoms with Crippen molar-refractivity contribution >= 4 is 22.4 Å². The Kier molecular flexibility index (Phi) is 4.30. The molecule has 0 atom stereocenters. The Labute approximate surface area is 133 Å². The normalized spacial score (nSPS) is 10.4. The highest BCUT2D eigenvalue weighted by Gasteiger charge is 2.14. The molecule has 4 heteroatoms. The molecule has 0 spiro atoms. The van der Waals surface area contributed by atoms with Crippen LogP contribution in [-0.2, 0) is 6.42 Å². The lowest BCUT2D eigenvalue weighted by molar-refractivity contribution is 0.102. The molecule has 1 amide bonds. The Morgan fingerprint density at radius 2 is 1.68 bits per heavy atom. The molecule has 0 radical (unpaired) electrons. The van der Waals surface area contributed by atoms with Gasteiger partial charge < -0.3 is 0 Å². The van der Waals surface area contributed by atoms with Gasteiger partial charge in [-0.05, 0) is 18.6 Å². The van der Waals surface area contributed by atoms with Crippen LogP contribution in [0.1, 0.15) is 22.2 Å². The van der Waals surface area contributed by atoms with E-state index in [1.54, 1.807) is 12.1 Å². The van der Waals surface area contributed by atoms with Gasteiger partial charge in [-0.15, -0.1) is 11.3 Å². The summed E-state index contributed by atoms with van der Waals surface area (Å²) >= 11 is 1.53. The van der Waals surface area contributed by atoms with E-state index in [0.29, 0.717) is 10.7 Å². The minimum Gasteiger partial charge on any atom is -0.298 e. The Balaban J connectivity index is 1.87. The van der Waals surface area contributed by atoms with Crippen molar-refractivity contribution in [2.75, 3.05) is 5.32 Å². The number of anilines is 1. The van der Waals surface area contributed by atoms with Gasteiger partial charge in [0.2, 0.25) is 0 Å². The van der Waals surface area contributed by atoms with E-state index in [1.165, 1.54) is 16.2 Å². The monoisotopic (exact) mass is 308 g/mol. The number of aromatic nitrogens is 1. The summed E-state index contributed by atoms with van der Waals surface area (Å²) in [4.78, 5) is 18.0. The number of nitrogens with zero attached hydrogens (tertiary/aromatic N) is 1. The van der Waals surface area contributed by atoms with E-state index in [1.807, 2.05) is 48.5 Å². The second-order valence-corrected chi connectivity index (χ2v) is 5.91. The number of nitrogens with one attached hydrogen (secondary N) is 1. The predicted octanol–water partition coefficient (Wildman–Crippen LogP) is 4.62. The Morgan fingerprint density at radius 1 is 1.05 bits per heavy atom. The first-order valence-electron chi connectivity index (χ1n) is 7.19. The Bertz CT molecular complexity index is 766. The molecule has 0 saturated carbocycles. The van der Waals surface area contributed by atoms with E-state index in [4.69, 9.17) is 0 Å². The molecule has 0 saturated heterocycles. The topological polar surface area (TPSA) is 42.0 Å². The highest BCUT2D eigenvalue weighted by atomic mass is 32.1. The number of amides is 1. The number of carbonyl (C=O) groups is 1. The maximum Gasteiger partial charge on any atom is 0.257 e. The van der Waals surface area contributed by atoms with Crippen LogP contribution in [0.2, 0.25) is 0 Å². The molecule has 1 heterocycles. The number of rotatable bonds is 4. The third-order valence-corrected chi connectivity index (χ3v) is 4.44. The van der Waals surface area contributed by atoms with Crippen LogP contribution in [0.5, 0.6) is 0 Å². The number of carbonyl (C=O) groups excluding carboxylic acids is 1. The maximum absolute atomic E-state index is 12.2. The molecule has 2 aromatic carbocycles. The van der Waals surface area contributed by atoms with Crippen molar-refractivity contribution in [2.45, 2.75) is 13.3 Å². The lowest BCUT2D eigenvalue weighted by atomic mass is 10.1. The third kappa shape index (κ3) is 3.07. The number of hydrogen-bond donors (Lipinski definition) is 1. The quantitative estimate of drug-likeness (QED) is 0.764. The largest absolute Gasteiger partial charge is 0.298 e. The van der Waals surface area contributed by atoms with Crippen molar-refractivity contribution in [3.05, 3.63) is 71.1 Å². The molecular formula is C18H16N2OS. The molecule has 1 N–H and O–H groups in total. The summed E-state index contributed by atoms with van der Waals surface area (Å²) in [6, 6.07) is 19.2. The molecule has 0 unspecified atom stereocenters. The van der Waals surface area contributed by atoms with Crippen molar-refractivity contribution < 1.29 is 4.79 Å². The van der Waals surface area contributed by atoms with E-state index in [-0.39, 0.29) is 5.91 Å². The average Bonchev–Trinajstić information content (AvgIpc) is 2.99. The fourth-order valence-corrected chi connectivity index (χ4v) is 3.14. The zero-order valence-corrected chi connectivity index (χ0v) is 13.1. The second-order valence-electron chi connectivity index (χ2n) is 4.83. The molecule has 3 aromatic rings. The highest BCUT2D eigenvalue weighted by Crippen LogP contribution is 2.31. The lowest BCUT2D eigenvalue weighted by Crippen LogP contribution is -2.11. The molecule has 22 heavy (non-hydrogen) atoms. The van der Waals surface area contributed by atoms with Gasteiger partial charge in [0.05, 0.1) is 5.69 Å². The van der Waals surface area contributed by atoms with Gasteiger partial charge in [-0.1, -0.05) is 55.5 Å². The summed E-state index contributed by atoms with van der Waals surface area (Å²) in [5, 5.41) is 3.53. The Hall–Kier alpha value is -2.46.